The molecule has 1 fully saturated rings. The number of halogens is 3. The zero-order valence-electron chi connectivity index (χ0n) is 17.3. The van der Waals surface area contributed by atoms with Crippen molar-refractivity contribution >= 4 is 29.6 Å². The number of para-hydroxylation sites is 1. The molecule has 0 bridgehead atoms. The monoisotopic (exact) mass is 465 g/mol. The van der Waals surface area contributed by atoms with Crippen molar-refractivity contribution in [1.29, 1.82) is 0 Å². The van der Waals surface area contributed by atoms with E-state index in [1.54, 1.807) is 0 Å². The summed E-state index contributed by atoms with van der Waals surface area (Å²) in [5.74, 6) is -2.02. The number of aromatic hydroxyl groups is 1. The Morgan fingerprint density at radius 2 is 1.76 bits per heavy atom. The molecule has 12 heteroatoms. The number of alkyl halides is 3. The van der Waals surface area contributed by atoms with Crippen LogP contribution in [0.4, 0.5) is 23.7 Å². The Kier molecular flexibility index (Phi) is 6.47. The van der Waals surface area contributed by atoms with Gasteiger partial charge in [0.25, 0.3) is 5.91 Å². The second kappa shape index (κ2) is 9.10. The van der Waals surface area contributed by atoms with Gasteiger partial charge >= 0.3 is 12.2 Å². The van der Waals surface area contributed by atoms with Crippen molar-refractivity contribution in [1.82, 2.24) is 10.2 Å². The highest BCUT2D eigenvalue weighted by Crippen LogP contribution is 2.38. The zero-order valence-corrected chi connectivity index (χ0v) is 17.3. The number of urea groups is 1. The number of phenols is 1. The Labute approximate surface area is 185 Å². The fourth-order valence-electron chi connectivity index (χ4n) is 3.05. The van der Waals surface area contributed by atoms with Crippen LogP contribution < -0.4 is 20.1 Å². The molecule has 0 unspecified atom stereocenters. The van der Waals surface area contributed by atoms with Crippen LogP contribution in [0.2, 0.25) is 0 Å². The van der Waals surface area contributed by atoms with Gasteiger partial charge in [-0.25, -0.2) is 9.69 Å². The quantitative estimate of drug-likeness (QED) is 0.446. The van der Waals surface area contributed by atoms with Gasteiger partial charge in [-0.15, -0.1) is 0 Å². The molecular weight excluding hydrogens is 447 g/mol. The molecule has 1 aliphatic heterocycles. The molecule has 0 saturated carbocycles. The average molecular weight is 465 g/mol. The largest absolute Gasteiger partial charge is 0.502 e. The SMILES string of the molecule is COc1cc(/C=C2\NC(=O)N(CC(=O)Nc3ccccc3C(F)(F)F)C2=O)cc(OC)c1O. The summed E-state index contributed by atoms with van der Waals surface area (Å²) in [5.41, 5.74) is -1.43. The summed E-state index contributed by atoms with van der Waals surface area (Å²) in [7, 11) is 2.62. The van der Waals surface area contributed by atoms with E-state index in [9.17, 15) is 32.7 Å². The van der Waals surface area contributed by atoms with E-state index >= 15 is 0 Å². The number of imide groups is 1. The minimum absolute atomic E-state index is 0.0533. The molecule has 2 aromatic carbocycles. The molecule has 4 amide bonds. The molecule has 0 aliphatic carbocycles. The number of carbonyl (C=O) groups excluding carboxylic acids is 3. The van der Waals surface area contributed by atoms with Crippen molar-refractivity contribution in [2.45, 2.75) is 6.18 Å². The summed E-state index contributed by atoms with van der Waals surface area (Å²) < 4.78 is 49.4. The van der Waals surface area contributed by atoms with Crippen LogP contribution in [-0.4, -0.2) is 48.6 Å². The number of rotatable bonds is 6. The number of benzene rings is 2. The summed E-state index contributed by atoms with van der Waals surface area (Å²) in [6.07, 6.45) is -3.44. The van der Waals surface area contributed by atoms with Gasteiger partial charge in [-0.2, -0.15) is 13.2 Å². The number of methoxy groups -OCH3 is 2. The second-order valence-electron chi connectivity index (χ2n) is 6.75. The minimum atomic E-state index is -4.70. The minimum Gasteiger partial charge on any atom is -0.502 e. The number of amides is 4. The van der Waals surface area contributed by atoms with Crippen LogP contribution >= 0.6 is 0 Å². The molecule has 1 aliphatic rings. The smallest absolute Gasteiger partial charge is 0.418 e. The highest BCUT2D eigenvalue weighted by atomic mass is 19.4. The predicted molar refractivity (Wildman–Crippen MR) is 110 cm³/mol. The maximum atomic E-state index is 13.1. The Hall–Kier alpha value is -4.22. The van der Waals surface area contributed by atoms with Crippen LogP contribution in [-0.2, 0) is 15.8 Å². The molecule has 1 saturated heterocycles. The van der Waals surface area contributed by atoms with Gasteiger partial charge < -0.3 is 25.2 Å². The Bertz CT molecular complexity index is 1120. The first kappa shape index (κ1) is 23.4. The van der Waals surface area contributed by atoms with Gasteiger partial charge in [-0.1, -0.05) is 12.1 Å². The first-order chi connectivity index (χ1) is 15.5. The van der Waals surface area contributed by atoms with Gasteiger partial charge in [0.1, 0.15) is 12.2 Å². The van der Waals surface area contributed by atoms with Gasteiger partial charge in [0.2, 0.25) is 11.7 Å². The van der Waals surface area contributed by atoms with Crippen LogP contribution in [0.25, 0.3) is 6.08 Å². The summed E-state index contributed by atoms with van der Waals surface area (Å²) in [6.45, 7) is -0.809. The van der Waals surface area contributed by atoms with E-state index in [-0.39, 0.29) is 22.9 Å². The normalized spacial score (nSPS) is 14.9. The molecule has 0 radical (unpaired) electrons. The van der Waals surface area contributed by atoms with Crippen molar-refractivity contribution in [2.24, 2.45) is 0 Å². The fourth-order valence-corrected chi connectivity index (χ4v) is 3.05. The third kappa shape index (κ3) is 5.00. The summed E-state index contributed by atoms with van der Waals surface area (Å²) >= 11 is 0. The van der Waals surface area contributed by atoms with Gasteiger partial charge in [0.15, 0.2) is 11.5 Å². The number of nitrogens with zero attached hydrogens (tertiary/aromatic N) is 1. The Morgan fingerprint density at radius 3 is 2.33 bits per heavy atom. The highest BCUT2D eigenvalue weighted by molar-refractivity contribution is 6.16. The van der Waals surface area contributed by atoms with Gasteiger partial charge in [-0.05, 0) is 35.9 Å². The summed E-state index contributed by atoms with van der Waals surface area (Å²) in [6, 6.07) is 6.16. The topological polar surface area (TPSA) is 117 Å². The van der Waals surface area contributed by atoms with E-state index in [1.165, 1.54) is 44.6 Å². The molecule has 0 atom stereocenters. The van der Waals surface area contributed by atoms with Crippen molar-refractivity contribution in [3.8, 4) is 17.2 Å². The number of carbonyl (C=O) groups is 3. The van der Waals surface area contributed by atoms with E-state index < -0.39 is 41.8 Å². The van der Waals surface area contributed by atoms with E-state index in [4.69, 9.17) is 9.47 Å². The molecule has 3 N–H and O–H groups in total. The molecule has 9 nitrogen and oxygen atoms in total. The summed E-state index contributed by atoms with van der Waals surface area (Å²) in [4.78, 5) is 37.6. The Morgan fingerprint density at radius 1 is 1.15 bits per heavy atom. The molecule has 3 rings (SSSR count). The third-order valence-corrected chi connectivity index (χ3v) is 4.58. The van der Waals surface area contributed by atoms with E-state index in [0.717, 1.165) is 12.1 Å². The van der Waals surface area contributed by atoms with Crippen LogP contribution in [0.15, 0.2) is 42.1 Å². The van der Waals surface area contributed by atoms with Crippen molar-refractivity contribution in [3.63, 3.8) is 0 Å². The average Bonchev–Trinajstić information content (AvgIpc) is 3.01. The van der Waals surface area contributed by atoms with Crippen molar-refractivity contribution in [3.05, 3.63) is 53.2 Å². The second-order valence-corrected chi connectivity index (χ2v) is 6.75. The van der Waals surface area contributed by atoms with Crippen LogP contribution in [0.5, 0.6) is 17.2 Å². The lowest BCUT2D eigenvalue weighted by molar-refractivity contribution is -0.137. The molecular formula is C21H18F3N3O6. The number of ether oxygens (including phenoxy) is 2. The lowest BCUT2D eigenvalue weighted by Crippen LogP contribution is -2.38. The first-order valence-electron chi connectivity index (χ1n) is 9.30. The standard InChI is InChI=1S/C21H18F3N3O6/c1-32-15-8-11(9-16(33-2)18(15)29)7-14-19(30)27(20(31)26-14)10-17(28)25-13-6-4-3-5-12(13)21(22,23)24/h3-9,29H,10H2,1-2H3,(H,25,28)(H,26,31)/b14-7-. The highest BCUT2D eigenvalue weighted by Gasteiger charge is 2.36. The number of nitrogens with one attached hydrogen (secondary N) is 2. The Balaban J connectivity index is 1.78. The number of anilines is 1. The first-order valence-corrected chi connectivity index (χ1v) is 9.30. The maximum Gasteiger partial charge on any atom is 0.418 e. The van der Waals surface area contributed by atoms with Crippen molar-refractivity contribution < 1.29 is 42.1 Å². The van der Waals surface area contributed by atoms with E-state index in [1.807, 2.05) is 0 Å². The molecule has 0 aromatic heterocycles. The molecule has 33 heavy (non-hydrogen) atoms. The number of hydrogen-bond acceptors (Lipinski definition) is 6. The molecule has 1 heterocycles. The number of hydrogen-bond donors (Lipinski definition) is 3. The van der Waals surface area contributed by atoms with Crippen LogP contribution in [0.1, 0.15) is 11.1 Å². The van der Waals surface area contributed by atoms with Gasteiger partial charge in [-0.3, -0.25) is 9.59 Å². The molecule has 174 valence electrons. The zero-order chi connectivity index (χ0) is 24.3. The lowest BCUT2D eigenvalue weighted by atomic mass is 10.1. The predicted octanol–water partition coefficient (Wildman–Crippen LogP) is 2.96. The fraction of sp³-hybridized carbons (Fsp3) is 0.190. The van der Waals surface area contributed by atoms with Crippen LogP contribution in [0, 0.1) is 0 Å². The van der Waals surface area contributed by atoms with E-state index in [2.05, 4.69) is 10.6 Å². The van der Waals surface area contributed by atoms with Gasteiger partial charge in [0.05, 0.1) is 25.5 Å². The van der Waals surface area contributed by atoms with E-state index in [0.29, 0.717) is 10.5 Å². The van der Waals surface area contributed by atoms with Crippen molar-refractivity contribution in [2.75, 3.05) is 26.1 Å². The number of phenolic OH excluding ortho intramolecular Hbond substituents is 1. The molecule has 0 spiro atoms. The van der Waals surface area contributed by atoms with Gasteiger partial charge in [0, 0.05) is 0 Å². The lowest BCUT2D eigenvalue weighted by Gasteiger charge is -2.15. The summed E-state index contributed by atoms with van der Waals surface area (Å²) in [5, 5.41) is 14.3. The maximum absolute atomic E-state index is 13.1. The molecule has 2 aromatic rings. The third-order valence-electron chi connectivity index (χ3n) is 4.58. The van der Waals surface area contributed by atoms with Crippen LogP contribution in [0.3, 0.4) is 0 Å².